The summed E-state index contributed by atoms with van der Waals surface area (Å²) in [5.41, 5.74) is 3.80. The standard InChI is InChI=1S/C35H41NO5/c1-9-41-26-12-10-11-22(19-26)21-36-30(23-13-16-25(17-14-23)34(2,3)4)29(32(38)33(36)39)31(37)24-15-18-28(40-8)27(20-24)35(5,6)7/h10-20,30,37H,9,21H2,1-8H3/b31-29-. The van der Waals surface area contributed by atoms with Crippen molar-refractivity contribution in [1.29, 1.82) is 0 Å². The Balaban J connectivity index is 1.88. The molecule has 41 heavy (non-hydrogen) atoms. The van der Waals surface area contributed by atoms with E-state index in [4.69, 9.17) is 9.47 Å². The molecule has 6 heteroatoms. The van der Waals surface area contributed by atoms with Gasteiger partial charge in [-0.15, -0.1) is 0 Å². The smallest absolute Gasteiger partial charge is 0.295 e. The second kappa shape index (κ2) is 11.4. The number of hydrogen-bond acceptors (Lipinski definition) is 5. The van der Waals surface area contributed by atoms with Crippen molar-refractivity contribution < 1.29 is 24.2 Å². The quantitative estimate of drug-likeness (QED) is 0.188. The van der Waals surface area contributed by atoms with Crippen molar-refractivity contribution in [3.05, 3.63) is 100 Å². The Bertz CT molecular complexity index is 1470. The summed E-state index contributed by atoms with van der Waals surface area (Å²) in [6, 6.07) is 20.0. The average molecular weight is 556 g/mol. The number of amides is 1. The van der Waals surface area contributed by atoms with Crippen molar-refractivity contribution in [3.63, 3.8) is 0 Å². The zero-order chi connectivity index (χ0) is 30.1. The van der Waals surface area contributed by atoms with Crippen LogP contribution in [0.4, 0.5) is 0 Å². The Kier molecular flexibility index (Phi) is 8.34. The maximum Gasteiger partial charge on any atom is 0.295 e. The van der Waals surface area contributed by atoms with Gasteiger partial charge in [0, 0.05) is 17.7 Å². The Morgan fingerprint density at radius 2 is 1.59 bits per heavy atom. The van der Waals surface area contributed by atoms with E-state index in [1.807, 2.05) is 61.5 Å². The predicted molar refractivity (Wildman–Crippen MR) is 162 cm³/mol. The summed E-state index contributed by atoms with van der Waals surface area (Å²) in [7, 11) is 1.61. The Morgan fingerprint density at radius 1 is 0.902 bits per heavy atom. The van der Waals surface area contributed by atoms with Gasteiger partial charge in [0.15, 0.2) is 0 Å². The van der Waals surface area contributed by atoms with Crippen LogP contribution in [0.2, 0.25) is 0 Å². The number of hydrogen-bond donors (Lipinski definition) is 1. The number of nitrogens with zero attached hydrogens (tertiary/aromatic N) is 1. The molecule has 1 atom stereocenters. The summed E-state index contributed by atoms with van der Waals surface area (Å²) in [6.45, 7) is 15.2. The molecule has 1 saturated heterocycles. The van der Waals surface area contributed by atoms with Gasteiger partial charge in [0.1, 0.15) is 17.3 Å². The average Bonchev–Trinajstić information content (AvgIpc) is 3.16. The van der Waals surface area contributed by atoms with Gasteiger partial charge in [0.2, 0.25) is 0 Å². The number of aliphatic hydroxyl groups is 1. The number of benzene rings is 3. The largest absolute Gasteiger partial charge is 0.507 e. The second-order valence-electron chi connectivity index (χ2n) is 12.5. The molecule has 1 aliphatic heterocycles. The van der Waals surface area contributed by atoms with Crippen LogP contribution in [0.15, 0.2) is 72.3 Å². The minimum atomic E-state index is -0.764. The summed E-state index contributed by atoms with van der Waals surface area (Å²) in [5.74, 6) is -0.171. The topological polar surface area (TPSA) is 76.1 Å². The molecule has 216 valence electrons. The highest BCUT2D eigenvalue weighted by Crippen LogP contribution is 2.42. The molecule has 1 fully saturated rings. The fourth-order valence-electron chi connectivity index (χ4n) is 5.25. The van der Waals surface area contributed by atoms with E-state index in [1.54, 1.807) is 24.1 Å². The van der Waals surface area contributed by atoms with Crippen molar-refractivity contribution >= 4 is 17.4 Å². The monoisotopic (exact) mass is 555 g/mol. The first kappa shape index (κ1) is 29.9. The lowest BCUT2D eigenvalue weighted by Crippen LogP contribution is -2.29. The zero-order valence-corrected chi connectivity index (χ0v) is 25.4. The van der Waals surface area contributed by atoms with Crippen LogP contribution >= 0.6 is 0 Å². The second-order valence-corrected chi connectivity index (χ2v) is 12.5. The molecule has 0 saturated carbocycles. The Morgan fingerprint density at radius 3 is 2.17 bits per heavy atom. The fourth-order valence-corrected chi connectivity index (χ4v) is 5.25. The number of rotatable bonds is 7. The van der Waals surface area contributed by atoms with E-state index in [0.29, 0.717) is 23.7 Å². The van der Waals surface area contributed by atoms with E-state index in [1.165, 1.54) is 0 Å². The molecule has 1 amide bonds. The normalized spacial score (nSPS) is 17.2. The van der Waals surface area contributed by atoms with E-state index in [0.717, 1.165) is 22.3 Å². The molecule has 0 aromatic heterocycles. The van der Waals surface area contributed by atoms with Crippen molar-refractivity contribution in [3.8, 4) is 11.5 Å². The molecule has 1 N–H and O–H groups in total. The van der Waals surface area contributed by atoms with Gasteiger partial charge in [-0.2, -0.15) is 0 Å². The van der Waals surface area contributed by atoms with E-state index < -0.39 is 17.7 Å². The van der Waals surface area contributed by atoms with Crippen LogP contribution in [-0.4, -0.2) is 35.4 Å². The minimum Gasteiger partial charge on any atom is -0.507 e. The molecule has 3 aromatic carbocycles. The molecule has 6 nitrogen and oxygen atoms in total. The number of Topliss-reactive ketones (excluding diaryl/α,β-unsaturated/α-hetero) is 1. The van der Waals surface area contributed by atoms with Gasteiger partial charge in [0.05, 0.1) is 25.3 Å². The van der Waals surface area contributed by atoms with Crippen LogP contribution in [-0.2, 0) is 27.0 Å². The highest BCUT2D eigenvalue weighted by molar-refractivity contribution is 6.46. The summed E-state index contributed by atoms with van der Waals surface area (Å²) in [6.07, 6.45) is 0. The molecule has 1 aliphatic rings. The third-order valence-corrected chi connectivity index (χ3v) is 7.48. The lowest BCUT2D eigenvalue weighted by molar-refractivity contribution is -0.140. The van der Waals surface area contributed by atoms with E-state index >= 15 is 0 Å². The number of ketones is 1. The van der Waals surface area contributed by atoms with Crippen LogP contribution in [0.25, 0.3) is 5.76 Å². The number of ether oxygens (including phenoxy) is 2. The molecule has 4 rings (SSSR count). The van der Waals surface area contributed by atoms with Gasteiger partial charge in [-0.1, -0.05) is 77.9 Å². The fraction of sp³-hybridized carbons (Fsp3) is 0.371. The van der Waals surface area contributed by atoms with Gasteiger partial charge in [-0.05, 0) is 64.8 Å². The zero-order valence-electron chi connectivity index (χ0n) is 25.4. The van der Waals surface area contributed by atoms with Gasteiger partial charge in [0.25, 0.3) is 11.7 Å². The molecule has 0 radical (unpaired) electrons. The van der Waals surface area contributed by atoms with Crippen LogP contribution < -0.4 is 9.47 Å². The van der Waals surface area contributed by atoms with E-state index in [2.05, 4.69) is 41.5 Å². The molecular weight excluding hydrogens is 514 g/mol. The van der Waals surface area contributed by atoms with Crippen molar-refractivity contribution in [2.24, 2.45) is 0 Å². The number of methoxy groups -OCH3 is 1. The number of aliphatic hydroxyl groups excluding tert-OH is 1. The van der Waals surface area contributed by atoms with Crippen LogP contribution in [0, 0.1) is 0 Å². The number of likely N-dealkylation sites (tertiary alicyclic amines) is 1. The van der Waals surface area contributed by atoms with Crippen LogP contribution in [0.3, 0.4) is 0 Å². The lowest BCUT2D eigenvalue weighted by Gasteiger charge is -2.27. The molecule has 0 spiro atoms. The minimum absolute atomic E-state index is 0.0630. The van der Waals surface area contributed by atoms with E-state index in [9.17, 15) is 14.7 Å². The number of carbonyl (C=O) groups excluding carboxylic acids is 2. The van der Waals surface area contributed by atoms with Gasteiger partial charge in [-0.3, -0.25) is 9.59 Å². The Labute approximate surface area is 243 Å². The first-order valence-electron chi connectivity index (χ1n) is 14.1. The molecule has 1 unspecified atom stereocenters. The maximum absolute atomic E-state index is 13.6. The Hall–Kier alpha value is -4.06. The van der Waals surface area contributed by atoms with Crippen molar-refractivity contribution in [2.75, 3.05) is 13.7 Å². The lowest BCUT2D eigenvalue weighted by atomic mass is 9.84. The van der Waals surface area contributed by atoms with Gasteiger partial charge < -0.3 is 19.5 Å². The highest BCUT2D eigenvalue weighted by Gasteiger charge is 2.46. The molecule has 0 bridgehead atoms. The van der Waals surface area contributed by atoms with Gasteiger partial charge in [-0.25, -0.2) is 0 Å². The first-order valence-corrected chi connectivity index (χ1v) is 14.1. The maximum atomic E-state index is 13.6. The SMILES string of the molecule is CCOc1cccc(CN2C(=O)C(=O)/C(=C(\O)c3ccc(OC)c(C(C)(C)C)c3)C2c2ccc(C(C)(C)C)cc2)c1. The number of carbonyl (C=O) groups is 2. The van der Waals surface area contributed by atoms with Crippen LogP contribution in [0.5, 0.6) is 11.5 Å². The van der Waals surface area contributed by atoms with Crippen molar-refractivity contribution in [2.45, 2.75) is 71.9 Å². The molecular formula is C35H41NO5. The predicted octanol–water partition coefficient (Wildman–Crippen LogP) is 7.31. The molecule has 3 aromatic rings. The van der Waals surface area contributed by atoms with Gasteiger partial charge >= 0.3 is 0 Å². The van der Waals surface area contributed by atoms with E-state index in [-0.39, 0.29) is 28.7 Å². The summed E-state index contributed by atoms with van der Waals surface area (Å²) in [5, 5.41) is 11.7. The van der Waals surface area contributed by atoms with Crippen LogP contribution in [0.1, 0.15) is 82.3 Å². The molecule has 1 heterocycles. The summed E-state index contributed by atoms with van der Waals surface area (Å²) in [4.78, 5) is 28.8. The summed E-state index contributed by atoms with van der Waals surface area (Å²) >= 11 is 0. The van der Waals surface area contributed by atoms with Crippen molar-refractivity contribution in [1.82, 2.24) is 4.90 Å². The third kappa shape index (κ3) is 6.17. The highest BCUT2D eigenvalue weighted by atomic mass is 16.5. The summed E-state index contributed by atoms with van der Waals surface area (Å²) < 4.78 is 11.2. The molecule has 0 aliphatic carbocycles. The first-order chi connectivity index (χ1) is 19.3. The third-order valence-electron chi connectivity index (χ3n) is 7.48.